The van der Waals surface area contributed by atoms with Gasteiger partial charge in [0.05, 0.1) is 17.8 Å². The first kappa shape index (κ1) is 11.6. The molecule has 16 heavy (non-hydrogen) atoms. The molecule has 86 valence electrons. The van der Waals surface area contributed by atoms with E-state index in [9.17, 15) is 0 Å². The van der Waals surface area contributed by atoms with Gasteiger partial charge >= 0.3 is 0 Å². The van der Waals surface area contributed by atoms with Crippen LogP contribution in [0.5, 0.6) is 0 Å². The van der Waals surface area contributed by atoms with Gasteiger partial charge in [0, 0.05) is 16.4 Å². The van der Waals surface area contributed by atoms with Crippen molar-refractivity contribution in [3.63, 3.8) is 0 Å². The lowest BCUT2D eigenvalue weighted by Crippen LogP contribution is -2.18. The molecule has 0 aliphatic rings. The Morgan fingerprint density at radius 1 is 1.38 bits per heavy atom. The van der Waals surface area contributed by atoms with Crippen LogP contribution in [0.4, 0.5) is 0 Å². The van der Waals surface area contributed by atoms with Crippen molar-refractivity contribution < 1.29 is 0 Å². The average Bonchev–Trinajstić information content (AvgIpc) is 2.52. The van der Waals surface area contributed by atoms with Gasteiger partial charge in [-0.05, 0) is 39.2 Å². The number of fused-ring (bicyclic) bond motifs is 1. The van der Waals surface area contributed by atoms with Crippen molar-refractivity contribution in [3.8, 4) is 0 Å². The van der Waals surface area contributed by atoms with Gasteiger partial charge in [-0.2, -0.15) is 5.10 Å². The molecule has 1 aromatic carbocycles. The molecular weight excluding hydrogens is 266 g/mol. The van der Waals surface area contributed by atoms with E-state index in [0.717, 1.165) is 23.3 Å². The number of aryl methyl sites for hydroxylation is 1. The predicted molar refractivity (Wildman–Crippen MR) is 70.7 cm³/mol. The maximum absolute atomic E-state index is 4.57. The molecule has 3 nitrogen and oxygen atoms in total. The third-order valence-corrected chi connectivity index (χ3v) is 3.15. The number of likely N-dealkylation sites (N-methyl/N-ethyl adjacent to an activating group) is 1. The van der Waals surface area contributed by atoms with Gasteiger partial charge in [0.25, 0.3) is 0 Å². The summed E-state index contributed by atoms with van der Waals surface area (Å²) in [6.45, 7) is 3.99. The molecule has 0 N–H and O–H groups in total. The minimum absolute atomic E-state index is 0.924. The van der Waals surface area contributed by atoms with Gasteiger partial charge < -0.3 is 4.90 Å². The third kappa shape index (κ3) is 2.28. The first-order valence-corrected chi connectivity index (χ1v) is 6.14. The summed E-state index contributed by atoms with van der Waals surface area (Å²) in [6, 6.07) is 6.31. The van der Waals surface area contributed by atoms with Gasteiger partial charge in [-0.15, -0.1) is 0 Å². The van der Waals surface area contributed by atoms with E-state index in [1.54, 1.807) is 0 Å². The first-order chi connectivity index (χ1) is 7.58. The molecule has 0 atom stereocenters. The van der Waals surface area contributed by atoms with Gasteiger partial charge in [0.1, 0.15) is 0 Å². The molecule has 0 unspecified atom stereocenters. The number of hydrogen-bond donors (Lipinski definition) is 0. The van der Waals surface area contributed by atoms with E-state index in [2.05, 4.69) is 69.8 Å². The zero-order valence-corrected chi connectivity index (χ0v) is 11.5. The number of rotatable bonds is 3. The molecule has 4 heteroatoms. The monoisotopic (exact) mass is 281 g/mol. The summed E-state index contributed by atoms with van der Waals surface area (Å²) in [5.41, 5.74) is 2.30. The Bertz CT molecular complexity index is 502. The molecule has 1 heterocycles. The van der Waals surface area contributed by atoms with Crippen LogP contribution < -0.4 is 0 Å². The van der Waals surface area contributed by atoms with Crippen LogP contribution in [0.1, 0.15) is 5.69 Å². The molecule has 0 saturated carbocycles. The van der Waals surface area contributed by atoms with Crippen LogP contribution in [0.15, 0.2) is 22.7 Å². The fourth-order valence-corrected chi connectivity index (χ4v) is 2.13. The summed E-state index contributed by atoms with van der Waals surface area (Å²) >= 11 is 3.50. The van der Waals surface area contributed by atoms with Gasteiger partial charge in [-0.1, -0.05) is 15.9 Å². The normalized spacial score (nSPS) is 11.6. The van der Waals surface area contributed by atoms with E-state index in [0.29, 0.717) is 0 Å². The van der Waals surface area contributed by atoms with E-state index >= 15 is 0 Å². The molecule has 0 bridgehead atoms. The quantitative estimate of drug-likeness (QED) is 0.863. The minimum Gasteiger partial charge on any atom is -0.308 e. The predicted octanol–water partition coefficient (Wildman–Crippen LogP) is 2.67. The summed E-state index contributed by atoms with van der Waals surface area (Å²) < 4.78 is 3.18. The van der Waals surface area contributed by atoms with Crippen molar-refractivity contribution >= 4 is 26.8 Å². The highest BCUT2D eigenvalue weighted by Gasteiger charge is 2.07. The second-order valence-corrected chi connectivity index (χ2v) is 5.19. The van der Waals surface area contributed by atoms with Crippen LogP contribution in [0.3, 0.4) is 0 Å². The molecule has 0 spiro atoms. The number of halogens is 1. The van der Waals surface area contributed by atoms with Crippen LogP contribution in [0, 0.1) is 6.92 Å². The van der Waals surface area contributed by atoms with Crippen LogP contribution in [0.25, 0.3) is 10.9 Å². The van der Waals surface area contributed by atoms with E-state index in [4.69, 9.17) is 0 Å². The van der Waals surface area contributed by atoms with Crippen molar-refractivity contribution in [1.82, 2.24) is 14.7 Å². The molecule has 0 saturated heterocycles. The summed E-state index contributed by atoms with van der Waals surface area (Å²) in [4.78, 5) is 2.17. The zero-order valence-electron chi connectivity index (χ0n) is 9.87. The molecule has 0 fully saturated rings. The fourth-order valence-electron chi connectivity index (χ4n) is 1.78. The van der Waals surface area contributed by atoms with Gasteiger partial charge in [-0.3, -0.25) is 4.68 Å². The molecule has 0 radical (unpaired) electrons. The Hall–Kier alpha value is -0.870. The number of aromatic nitrogens is 2. The molecule has 2 rings (SSSR count). The third-order valence-electron chi connectivity index (χ3n) is 2.66. The maximum atomic E-state index is 4.57. The van der Waals surface area contributed by atoms with Crippen LogP contribution in [-0.2, 0) is 6.54 Å². The smallest absolute Gasteiger partial charge is 0.0697 e. The minimum atomic E-state index is 0.924. The van der Waals surface area contributed by atoms with Crippen LogP contribution in [-0.4, -0.2) is 35.3 Å². The SMILES string of the molecule is Cc1nn(CCN(C)C)c2cc(Br)ccc12. The number of hydrogen-bond acceptors (Lipinski definition) is 2. The Kier molecular flexibility index (Phi) is 3.30. The van der Waals surface area contributed by atoms with Crippen molar-refractivity contribution in [3.05, 3.63) is 28.4 Å². The van der Waals surface area contributed by atoms with Crippen molar-refractivity contribution in [2.75, 3.05) is 20.6 Å². The van der Waals surface area contributed by atoms with E-state index in [1.165, 1.54) is 10.9 Å². The molecule has 0 aliphatic heterocycles. The second-order valence-electron chi connectivity index (χ2n) is 4.27. The molecule has 2 aromatic rings. The van der Waals surface area contributed by atoms with E-state index < -0.39 is 0 Å². The first-order valence-electron chi connectivity index (χ1n) is 5.35. The Balaban J connectivity index is 2.41. The highest BCUT2D eigenvalue weighted by atomic mass is 79.9. The Morgan fingerprint density at radius 2 is 2.12 bits per heavy atom. The Labute approximate surface area is 104 Å². The van der Waals surface area contributed by atoms with Crippen molar-refractivity contribution in [2.24, 2.45) is 0 Å². The van der Waals surface area contributed by atoms with Gasteiger partial charge in [-0.25, -0.2) is 0 Å². The summed E-state index contributed by atoms with van der Waals surface area (Å²) in [6.07, 6.45) is 0. The molecule has 1 aromatic heterocycles. The summed E-state index contributed by atoms with van der Waals surface area (Å²) in [5.74, 6) is 0. The fraction of sp³-hybridized carbons (Fsp3) is 0.417. The number of benzene rings is 1. The standard InChI is InChI=1S/C12H16BrN3/c1-9-11-5-4-10(13)8-12(11)16(14-9)7-6-15(2)3/h4-5,8H,6-7H2,1-3H3. The molecule has 0 aliphatic carbocycles. The van der Waals surface area contributed by atoms with Gasteiger partial charge in [0.2, 0.25) is 0 Å². The van der Waals surface area contributed by atoms with E-state index in [-0.39, 0.29) is 0 Å². The average molecular weight is 282 g/mol. The van der Waals surface area contributed by atoms with Crippen LogP contribution >= 0.6 is 15.9 Å². The van der Waals surface area contributed by atoms with Crippen LogP contribution in [0.2, 0.25) is 0 Å². The van der Waals surface area contributed by atoms with Crippen molar-refractivity contribution in [1.29, 1.82) is 0 Å². The van der Waals surface area contributed by atoms with E-state index in [1.807, 2.05) is 0 Å². The van der Waals surface area contributed by atoms with Gasteiger partial charge in [0.15, 0.2) is 0 Å². The zero-order chi connectivity index (χ0) is 11.7. The maximum Gasteiger partial charge on any atom is 0.0697 e. The van der Waals surface area contributed by atoms with Crippen molar-refractivity contribution in [2.45, 2.75) is 13.5 Å². The Morgan fingerprint density at radius 3 is 2.81 bits per heavy atom. The lowest BCUT2D eigenvalue weighted by atomic mass is 10.2. The number of nitrogens with zero attached hydrogens (tertiary/aromatic N) is 3. The molecule has 0 amide bonds. The highest BCUT2D eigenvalue weighted by molar-refractivity contribution is 9.10. The largest absolute Gasteiger partial charge is 0.308 e. The second kappa shape index (κ2) is 4.55. The lowest BCUT2D eigenvalue weighted by Gasteiger charge is -2.09. The summed E-state index contributed by atoms with van der Waals surface area (Å²) in [7, 11) is 4.16. The summed E-state index contributed by atoms with van der Waals surface area (Å²) in [5, 5.41) is 5.81. The lowest BCUT2D eigenvalue weighted by molar-refractivity contribution is 0.376. The highest BCUT2D eigenvalue weighted by Crippen LogP contribution is 2.22. The molecular formula is C12H16BrN3. The topological polar surface area (TPSA) is 21.1 Å².